The molecule has 2 fully saturated rings. The van der Waals surface area contributed by atoms with E-state index in [9.17, 15) is 13.2 Å². The van der Waals surface area contributed by atoms with Crippen molar-refractivity contribution in [1.82, 2.24) is 4.72 Å². The van der Waals surface area contributed by atoms with Crippen LogP contribution in [0, 0.1) is 0 Å². The van der Waals surface area contributed by atoms with E-state index in [4.69, 9.17) is 33.2 Å². The van der Waals surface area contributed by atoms with Gasteiger partial charge in [0.05, 0.1) is 25.2 Å². The van der Waals surface area contributed by atoms with Crippen LogP contribution in [-0.2, 0) is 43.2 Å². The maximum Gasteiger partial charge on any atom is 0.326 e. The first kappa shape index (κ1) is 27.8. The van der Waals surface area contributed by atoms with Gasteiger partial charge in [0.2, 0.25) is 10.0 Å². The SMILES string of the molecule is CCOCCOc1ccc(S(=O)(=O)N[C@@H](C(=O)OC)[C@H]2OC(C)(C)O[C@@H]2[C@@H]2COC(C)(C)O2)cc1. The number of carbonyl (C=O) groups is 1. The number of esters is 1. The second-order valence-electron chi connectivity index (χ2n) is 9.07. The van der Waals surface area contributed by atoms with E-state index in [1.54, 1.807) is 27.7 Å². The fourth-order valence-electron chi connectivity index (χ4n) is 3.93. The van der Waals surface area contributed by atoms with E-state index >= 15 is 0 Å². The van der Waals surface area contributed by atoms with Gasteiger partial charge in [-0.25, -0.2) is 8.42 Å². The van der Waals surface area contributed by atoms with Crippen LogP contribution in [0.15, 0.2) is 29.2 Å². The highest BCUT2D eigenvalue weighted by Gasteiger charge is 2.54. The van der Waals surface area contributed by atoms with Crippen LogP contribution >= 0.6 is 0 Å². The third kappa shape index (κ3) is 7.13. The molecule has 0 saturated carbocycles. The third-order valence-corrected chi connectivity index (χ3v) is 6.92. The molecule has 35 heavy (non-hydrogen) atoms. The van der Waals surface area contributed by atoms with E-state index in [0.717, 1.165) is 0 Å². The van der Waals surface area contributed by atoms with Gasteiger partial charge in [0.1, 0.15) is 36.7 Å². The molecule has 1 N–H and O–H groups in total. The number of nitrogens with one attached hydrogen (secondary N) is 1. The van der Waals surface area contributed by atoms with Crippen molar-refractivity contribution in [2.75, 3.05) is 33.5 Å². The molecule has 0 aliphatic carbocycles. The molecule has 0 unspecified atom stereocenters. The van der Waals surface area contributed by atoms with Gasteiger partial charge in [0, 0.05) is 6.61 Å². The van der Waals surface area contributed by atoms with Gasteiger partial charge in [0.25, 0.3) is 0 Å². The van der Waals surface area contributed by atoms with Gasteiger partial charge in [-0.15, -0.1) is 0 Å². The Balaban J connectivity index is 1.79. The Bertz CT molecular complexity index is 963. The maximum absolute atomic E-state index is 13.2. The molecule has 2 heterocycles. The normalized spacial score (nSPS) is 26.4. The molecule has 3 rings (SSSR count). The first-order valence-electron chi connectivity index (χ1n) is 11.5. The molecule has 4 atom stereocenters. The molecule has 12 heteroatoms. The molecule has 198 valence electrons. The summed E-state index contributed by atoms with van der Waals surface area (Å²) in [6, 6.07) is 4.43. The lowest BCUT2D eigenvalue weighted by atomic mass is 10.0. The number of ether oxygens (including phenoxy) is 7. The Morgan fingerprint density at radius 1 is 1.09 bits per heavy atom. The first-order chi connectivity index (χ1) is 16.4. The average Bonchev–Trinajstić information content (AvgIpc) is 3.32. The third-order valence-electron chi connectivity index (χ3n) is 5.46. The van der Waals surface area contributed by atoms with Gasteiger partial charge < -0.3 is 33.2 Å². The number of methoxy groups -OCH3 is 1. The Morgan fingerprint density at radius 3 is 2.34 bits per heavy atom. The van der Waals surface area contributed by atoms with Gasteiger partial charge in [-0.2, -0.15) is 4.72 Å². The van der Waals surface area contributed by atoms with Gasteiger partial charge in [-0.1, -0.05) is 0 Å². The largest absolute Gasteiger partial charge is 0.491 e. The predicted octanol–water partition coefficient (Wildman–Crippen LogP) is 1.59. The van der Waals surface area contributed by atoms with Crippen LogP contribution in [0.2, 0.25) is 0 Å². The molecule has 1 aromatic rings. The van der Waals surface area contributed by atoms with E-state index in [2.05, 4.69) is 4.72 Å². The zero-order chi connectivity index (χ0) is 25.9. The highest BCUT2D eigenvalue weighted by Crippen LogP contribution is 2.37. The van der Waals surface area contributed by atoms with Gasteiger partial charge in [-0.05, 0) is 58.9 Å². The predicted molar refractivity (Wildman–Crippen MR) is 123 cm³/mol. The number of hydrogen-bond donors (Lipinski definition) is 1. The summed E-state index contributed by atoms with van der Waals surface area (Å²) in [4.78, 5) is 12.7. The van der Waals surface area contributed by atoms with Gasteiger partial charge in [0.15, 0.2) is 11.6 Å². The zero-order valence-electron chi connectivity index (χ0n) is 20.9. The van der Waals surface area contributed by atoms with Gasteiger partial charge >= 0.3 is 5.97 Å². The summed E-state index contributed by atoms with van der Waals surface area (Å²) in [7, 11) is -2.97. The summed E-state index contributed by atoms with van der Waals surface area (Å²) in [5.41, 5.74) is 0. The fourth-order valence-corrected chi connectivity index (χ4v) is 5.12. The molecule has 1 aromatic carbocycles. The lowest BCUT2D eigenvalue weighted by Crippen LogP contribution is -2.55. The number of benzene rings is 1. The minimum atomic E-state index is -4.14. The molecular weight excluding hydrogens is 482 g/mol. The second-order valence-corrected chi connectivity index (χ2v) is 10.8. The van der Waals surface area contributed by atoms with E-state index in [-0.39, 0.29) is 11.5 Å². The van der Waals surface area contributed by atoms with Crippen molar-refractivity contribution in [2.24, 2.45) is 0 Å². The van der Waals surface area contributed by atoms with Crippen molar-refractivity contribution in [1.29, 1.82) is 0 Å². The maximum atomic E-state index is 13.2. The molecular formula is C23H35NO10S. The molecule has 2 saturated heterocycles. The first-order valence-corrected chi connectivity index (χ1v) is 12.9. The Hall–Kier alpha value is -1.80. The van der Waals surface area contributed by atoms with Crippen LogP contribution < -0.4 is 9.46 Å². The van der Waals surface area contributed by atoms with Crippen molar-refractivity contribution in [3.8, 4) is 5.75 Å². The van der Waals surface area contributed by atoms with Crippen molar-refractivity contribution in [3.63, 3.8) is 0 Å². The van der Waals surface area contributed by atoms with E-state index < -0.39 is 51.9 Å². The monoisotopic (exact) mass is 517 g/mol. The van der Waals surface area contributed by atoms with Crippen molar-refractivity contribution < 1.29 is 46.4 Å². The minimum absolute atomic E-state index is 0.0557. The molecule has 0 amide bonds. The van der Waals surface area contributed by atoms with Crippen molar-refractivity contribution >= 4 is 16.0 Å². The summed E-state index contributed by atoms with van der Waals surface area (Å²) in [5, 5.41) is 0. The quantitative estimate of drug-likeness (QED) is 0.341. The molecule has 0 bridgehead atoms. The van der Waals surface area contributed by atoms with Gasteiger partial charge in [-0.3, -0.25) is 4.79 Å². The highest BCUT2D eigenvalue weighted by atomic mass is 32.2. The van der Waals surface area contributed by atoms with Crippen LogP contribution in [0.5, 0.6) is 5.75 Å². The van der Waals surface area contributed by atoms with Crippen LogP contribution in [0.3, 0.4) is 0 Å². The summed E-state index contributed by atoms with van der Waals surface area (Å²) < 4.78 is 68.0. The van der Waals surface area contributed by atoms with E-state index in [0.29, 0.717) is 25.6 Å². The minimum Gasteiger partial charge on any atom is -0.491 e. The standard InChI is InChI=1S/C23H35NO10S/c1-7-29-12-13-30-15-8-10-16(11-9-15)35(26,27)24-18(21(25)28-6)20-19(33-23(4,5)34-20)17-14-31-22(2,3)32-17/h8-11,17-20,24H,7,12-14H2,1-6H3/t17-,18+,19+,20+/m0/s1. The van der Waals surface area contributed by atoms with Crippen LogP contribution in [0.4, 0.5) is 0 Å². The highest BCUT2D eigenvalue weighted by molar-refractivity contribution is 7.89. The number of sulfonamides is 1. The van der Waals surface area contributed by atoms with E-state index in [1.165, 1.54) is 31.4 Å². The zero-order valence-corrected chi connectivity index (χ0v) is 21.8. The summed E-state index contributed by atoms with van der Waals surface area (Å²) in [6.07, 6.45) is -2.41. The summed E-state index contributed by atoms with van der Waals surface area (Å²) in [5.74, 6) is -2.27. The Kier molecular flexibility index (Phi) is 8.79. The smallest absolute Gasteiger partial charge is 0.326 e. The van der Waals surface area contributed by atoms with Crippen molar-refractivity contribution in [2.45, 2.75) is 75.4 Å². The summed E-state index contributed by atoms with van der Waals surface area (Å²) >= 11 is 0. The number of rotatable bonds is 11. The van der Waals surface area contributed by atoms with Crippen molar-refractivity contribution in [3.05, 3.63) is 24.3 Å². The average molecular weight is 518 g/mol. The fraction of sp³-hybridized carbons (Fsp3) is 0.696. The summed E-state index contributed by atoms with van der Waals surface area (Å²) in [6.45, 7) is 10.3. The van der Waals surface area contributed by atoms with Crippen LogP contribution in [-0.4, -0.2) is 83.9 Å². The van der Waals surface area contributed by atoms with Crippen LogP contribution in [0.25, 0.3) is 0 Å². The number of carbonyl (C=O) groups excluding carboxylic acids is 1. The lowest BCUT2D eigenvalue weighted by Gasteiger charge is -2.28. The molecule has 0 spiro atoms. The van der Waals surface area contributed by atoms with E-state index in [1.807, 2.05) is 6.92 Å². The molecule has 11 nitrogen and oxygen atoms in total. The lowest BCUT2D eigenvalue weighted by molar-refractivity contribution is -0.175. The Morgan fingerprint density at radius 2 is 1.77 bits per heavy atom. The molecule has 0 aromatic heterocycles. The Labute approximate surface area is 206 Å². The molecule has 2 aliphatic heterocycles. The second kappa shape index (κ2) is 11.1. The number of hydrogen-bond acceptors (Lipinski definition) is 10. The molecule has 2 aliphatic rings. The molecule has 0 radical (unpaired) electrons. The van der Waals surface area contributed by atoms with Crippen LogP contribution in [0.1, 0.15) is 34.6 Å². The topological polar surface area (TPSA) is 128 Å².